The molecular weight excluding hydrogens is 384 g/mol. The molecule has 0 spiro atoms. The van der Waals surface area contributed by atoms with E-state index in [0.717, 1.165) is 22.8 Å². The first-order valence-corrected chi connectivity index (χ1v) is 10.1. The van der Waals surface area contributed by atoms with Gasteiger partial charge in [0.1, 0.15) is 17.7 Å². The number of rotatable bonds is 7. The Morgan fingerprint density at radius 2 is 2.00 bits per heavy atom. The summed E-state index contributed by atoms with van der Waals surface area (Å²) < 4.78 is 3.80. The van der Waals surface area contributed by atoms with E-state index in [1.54, 1.807) is 6.08 Å². The average Bonchev–Trinajstić information content (AvgIpc) is 3.18. The Hall–Kier alpha value is -3.31. The third-order valence-electron chi connectivity index (χ3n) is 4.64. The van der Waals surface area contributed by atoms with Crippen molar-refractivity contribution >= 4 is 23.5 Å². The van der Waals surface area contributed by atoms with Crippen LogP contribution in [0.4, 0.5) is 5.82 Å². The third kappa shape index (κ3) is 4.10. The minimum absolute atomic E-state index is 0.151. The van der Waals surface area contributed by atoms with E-state index in [4.69, 9.17) is 0 Å². The summed E-state index contributed by atoms with van der Waals surface area (Å²) in [6, 6.07) is 11.9. The predicted octanol–water partition coefficient (Wildman–Crippen LogP) is 3.78. The Morgan fingerprint density at radius 3 is 2.66 bits per heavy atom. The highest BCUT2D eigenvalue weighted by atomic mass is 32.2. The lowest BCUT2D eigenvalue weighted by Gasteiger charge is -2.13. The molecule has 3 rings (SSSR count). The van der Waals surface area contributed by atoms with E-state index in [1.807, 2.05) is 60.2 Å². The summed E-state index contributed by atoms with van der Waals surface area (Å²) in [6.45, 7) is 10.0. The maximum Gasteiger partial charge on any atom is 0.236 e. The molecule has 0 aliphatic carbocycles. The highest BCUT2D eigenvalue weighted by molar-refractivity contribution is 7.99. The van der Waals surface area contributed by atoms with Crippen LogP contribution < -0.4 is 5.32 Å². The maximum absolute atomic E-state index is 12.7. The number of para-hydroxylation sites is 1. The minimum Gasteiger partial charge on any atom is -0.310 e. The fraction of sp³-hybridized carbons (Fsp3) is 0.238. The van der Waals surface area contributed by atoms with E-state index < -0.39 is 0 Å². The van der Waals surface area contributed by atoms with Gasteiger partial charge in [-0.3, -0.25) is 9.36 Å². The van der Waals surface area contributed by atoms with Gasteiger partial charge in [-0.15, -0.1) is 16.8 Å². The molecule has 2 aromatic heterocycles. The van der Waals surface area contributed by atoms with Crippen molar-refractivity contribution in [1.82, 2.24) is 19.3 Å². The SMILES string of the molecule is C=CCn1c(C)nnc1SCC(=O)Nc1c(C#N)c(C)c(C)n1-c1ccccc1. The van der Waals surface area contributed by atoms with Crippen LogP contribution >= 0.6 is 11.8 Å². The van der Waals surface area contributed by atoms with Gasteiger partial charge in [0, 0.05) is 17.9 Å². The molecule has 148 valence electrons. The Morgan fingerprint density at radius 1 is 1.28 bits per heavy atom. The number of hydrogen-bond donors (Lipinski definition) is 1. The Bertz CT molecular complexity index is 1090. The first kappa shape index (κ1) is 20.4. The van der Waals surface area contributed by atoms with Crippen LogP contribution in [0.3, 0.4) is 0 Å². The van der Waals surface area contributed by atoms with E-state index in [9.17, 15) is 10.1 Å². The molecule has 7 nitrogen and oxygen atoms in total. The molecular formula is C21H22N6OS. The van der Waals surface area contributed by atoms with Crippen molar-refractivity contribution in [3.8, 4) is 11.8 Å². The van der Waals surface area contributed by atoms with Crippen molar-refractivity contribution in [2.45, 2.75) is 32.5 Å². The smallest absolute Gasteiger partial charge is 0.236 e. The second-order valence-electron chi connectivity index (χ2n) is 6.48. The maximum atomic E-state index is 12.7. The van der Waals surface area contributed by atoms with Crippen LogP contribution in [0.5, 0.6) is 0 Å². The van der Waals surface area contributed by atoms with Crippen LogP contribution in [-0.4, -0.2) is 31.0 Å². The van der Waals surface area contributed by atoms with Gasteiger partial charge in [0.2, 0.25) is 5.91 Å². The molecule has 1 aromatic carbocycles. The van der Waals surface area contributed by atoms with E-state index in [2.05, 4.69) is 28.2 Å². The van der Waals surface area contributed by atoms with Crippen molar-refractivity contribution in [2.24, 2.45) is 0 Å². The molecule has 0 saturated carbocycles. The number of nitrogens with zero attached hydrogens (tertiary/aromatic N) is 5. The summed E-state index contributed by atoms with van der Waals surface area (Å²) >= 11 is 1.30. The van der Waals surface area contributed by atoms with Gasteiger partial charge in [-0.1, -0.05) is 36.0 Å². The van der Waals surface area contributed by atoms with E-state index >= 15 is 0 Å². The number of allylic oxidation sites excluding steroid dienone is 1. The van der Waals surface area contributed by atoms with Crippen LogP contribution in [0.1, 0.15) is 22.6 Å². The first-order valence-electron chi connectivity index (χ1n) is 9.08. The lowest BCUT2D eigenvalue weighted by atomic mass is 10.2. The highest BCUT2D eigenvalue weighted by Crippen LogP contribution is 2.30. The number of carbonyl (C=O) groups excluding carboxylic acids is 1. The van der Waals surface area contributed by atoms with E-state index in [1.165, 1.54) is 11.8 Å². The Balaban J connectivity index is 1.85. The molecule has 29 heavy (non-hydrogen) atoms. The van der Waals surface area contributed by atoms with Gasteiger partial charge in [-0.2, -0.15) is 5.26 Å². The zero-order chi connectivity index (χ0) is 21.0. The average molecular weight is 407 g/mol. The summed E-state index contributed by atoms with van der Waals surface area (Å²) in [7, 11) is 0. The van der Waals surface area contributed by atoms with E-state index in [-0.39, 0.29) is 11.7 Å². The molecule has 8 heteroatoms. The summed E-state index contributed by atoms with van der Waals surface area (Å²) in [5.41, 5.74) is 3.12. The topological polar surface area (TPSA) is 88.5 Å². The predicted molar refractivity (Wildman–Crippen MR) is 114 cm³/mol. The fourth-order valence-corrected chi connectivity index (χ4v) is 3.86. The number of aryl methyl sites for hydroxylation is 1. The van der Waals surface area contributed by atoms with Crippen LogP contribution in [-0.2, 0) is 11.3 Å². The van der Waals surface area contributed by atoms with Crippen LogP contribution in [0, 0.1) is 32.1 Å². The second-order valence-corrected chi connectivity index (χ2v) is 7.43. The molecule has 0 aliphatic heterocycles. The lowest BCUT2D eigenvalue weighted by molar-refractivity contribution is -0.113. The van der Waals surface area contributed by atoms with Crippen molar-refractivity contribution < 1.29 is 4.79 Å². The normalized spacial score (nSPS) is 10.6. The number of carbonyl (C=O) groups is 1. The molecule has 3 aromatic rings. The third-order valence-corrected chi connectivity index (χ3v) is 5.61. The number of hydrogen-bond acceptors (Lipinski definition) is 5. The zero-order valence-corrected chi connectivity index (χ0v) is 17.5. The molecule has 0 saturated heterocycles. The molecule has 0 radical (unpaired) electrons. The van der Waals surface area contributed by atoms with E-state index in [0.29, 0.717) is 23.1 Å². The Kier molecular flexibility index (Phi) is 6.20. The lowest BCUT2D eigenvalue weighted by Crippen LogP contribution is -2.18. The van der Waals surface area contributed by atoms with Crippen molar-refractivity contribution in [2.75, 3.05) is 11.1 Å². The standard InChI is InChI=1S/C21H22N6OS/c1-5-11-26-16(4)24-25-21(26)29-13-19(28)23-20-18(12-22)14(2)15(3)27(20)17-9-7-6-8-10-17/h5-10H,1,11,13H2,2-4H3,(H,23,28). The van der Waals surface area contributed by atoms with Crippen LogP contribution in [0.25, 0.3) is 5.69 Å². The van der Waals surface area contributed by atoms with Crippen LogP contribution in [0.2, 0.25) is 0 Å². The molecule has 0 unspecified atom stereocenters. The highest BCUT2D eigenvalue weighted by Gasteiger charge is 2.21. The summed E-state index contributed by atoms with van der Waals surface area (Å²) in [4.78, 5) is 12.7. The summed E-state index contributed by atoms with van der Waals surface area (Å²) in [5.74, 6) is 1.19. The molecule has 0 aliphatic rings. The molecule has 0 atom stereocenters. The largest absolute Gasteiger partial charge is 0.310 e. The van der Waals surface area contributed by atoms with Gasteiger partial charge >= 0.3 is 0 Å². The van der Waals surface area contributed by atoms with Gasteiger partial charge in [0.25, 0.3) is 0 Å². The van der Waals surface area contributed by atoms with Crippen LogP contribution in [0.15, 0.2) is 48.1 Å². The second kappa shape index (κ2) is 8.80. The number of amides is 1. The van der Waals surface area contributed by atoms with Crippen molar-refractivity contribution in [1.29, 1.82) is 5.26 Å². The summed E-state index contributed by atoms with van der Waals surface area (Å²) in [5, 5.41) is 21.4. The van der Waals surface area contributed by atoms with Gasteiger partial charge in [-0.05, 0) is 38.5 Å². The number of anilines is 1. The number of benzene rings is 1. The number of aromatic nitrogens is 4. The van der Waals surface area contributed by atoms with Gasteiger partial charge in [0.05, 0.1) is 11.3 Å². The van der Waals surface area contributed by atoms with Gasteiger partial charge < -0.3 is 9.88 Å². The fourth-order valence-electron chi connectivity index (χ4n) is 3.07. The quantitative estimate of drug-likeness (QED) is 0.476. The molecule has 0 bridgehead atoms. The molecule has 1 N–H and O–H groups in total. The molecule has 2 heterocycles. The number of nitriles is 1. The van der Waals surface area contributed by atoms with Gasteiger partial charge in [-0.25, -0.2) is 0 Å². The summed E-state index contributed by atoms with van der Waals surface area (Å²) in [6.07, 6.45) is 1.76. The monoisotopic (exact) mass is 406 g/mol. The van der Waals surface area contributed by atoms with Crippen molar-refractivity contribution in [3.63, 3.8) is 0 Å². The van der Waals surface area contributed by atoms with Crippen molar-refractivity contribution in [3.05, 3.63) is 65.6 Å². The zero-order valence-electron chi connectivity index (χ0n) is 16.6. The van der Waals surface area contributed by atoms with Gasteiger partial charge in [0.15, 0.2) is 5.16 Å². The molecule has 1 amide bonds. The molecule has 0 fully saturated rings. The first-order chi connectivity index (χ1) is 14.0. The number of nitrogens with one attached hydrogen (secondary N) is 1. The minimum atomic E-state index is -0.216. The number of thioether (sulfide) groups is 1. The Labute approximate surface area is 174 Å².